The molecular formula is C16H19ClN2O2. The van der Waals surface area contributed by atoms with Crippen LogP contribution < -0.4 is 5.56 Å². The Bertz CT molecular complexity index is 711. The molecule has 1 saturated heterocycles. The van der Waals surface area contributed by atoms with Crippen LogP contribution in [0.5, 0.6) is 0 Å². The van der Waals surface area contributed by atoms with Crippen molar-refractivity contribution in [1.29, 1.82) is 0 Å². The number of hydrogen-bond donors (Lipinski definition) is 0. The highest BCUT2D eigenvalue weighted by molar-refractivity contribution is 6.20. The third-order valence-corrected chi connectivity index (χ3v) is 4.21. The number of aromatic nitrogens is 2. The minimum Gasteiger partial charge on any atom is -0.378 e. The van der Waals surface area contributed by atoms with Crippen LogP contribution in [0.15, 0.2) is 29.1 Å². The van der Waals surface area contributed by atoms with E-state index >= 15 is 0 Å². The second kappa shape index (κ2) is 5.78. The maximum Gasteiger partial charge on any atom is 0.261 e. The van der Waals surface area contributed by atoms with Crippen molar-refractivity contribution < 1.29 is 4.74 Å². The van der Waals surface area contributed by atoms with Gasteiger partial charge >= 0.3 is 0 Å². The number of hydrogen-bond acceptors (Lipinski definition) is 3. The van der Waals surface area contributed by atoms with Crippen molar-refractivity contribution in [2.24, 2.45) is 0 Å². The summed E-state index contributed by atoms with van der Waals surface area (Å²) in [6.07, 6.45) is 1.79. The standard InChI is InChI=1S/C16H19ClN2O2/c1-10-9-12(7-8-21-10)19-15(11(2)17)18-14-6-4-3-5-13(14)16(19)20/h3-6,10-12H,7-9H2,1-2H3. The molecule has 3 rings (SSSR count). The lowest BCUT2D eigenvalue weighted by atomic mass is 10.0. The van der Waals surface area contributed by atoms with Crippen molar-refractivity contribution in [3.63, 3.8) is 0 Å². The molecule has 0 aliphatic carbocycles. The first-order valence-corrected chi connectivity index (χ1v) is 7.78. The van der Waals surface area contributed by atoms with Crippen molar-refractivity contribution in [3.05, 3.63) is 40.4 Å². The second-order valence-electron chi connectivity index (χ2n) is 5.64. The van der Waals surface area contributed by atoms with Gasteiger partial charge in [0, 0.05) is 12.6 Å². The molecule has 1 fully saturated rings. The predicted octanol–water partition coefficient (Wildman–Crippen LogP) is 3.44. The molecule has 4 nitrogen and oxygen atoms in total. The highest BCUT2D eigenvalue weighted by Gasteiger charge is 2.26. The van der Waals surface area contributed by atoms with Gasteiger partial charge in [-0.25, -0.2) is 4.98 Å². The van der Waals surface area contributed by atoms with Gasteiger partial charge in [0.1, 0.15) is 5.82 Å². The van der Waals surface area contributed by atoms with E-state index in [4.69, 9.17) is 16.3 Å². The third-order valence-electron chi connectivity index (χ3n) is 4.01. The van der Waals surface area contributed by atoms with Gasteiger partial charge in [-0.05, 0) is 38.8 Å². The Hall–Kier alpha value is -1.39. The zero-order valence-electron chi connectivity index (χ0n) is 12.3. The molecule has 0 spiro atoms. The Morgan fingerprint density at radius 1 is 1.43 bits per heavy atom. The average Bonchev–Trinajstić information content (AvgIpc) is 2.47. The minimum atomic E-state index is -0.305. The van der Waals surface area contributed by atoms with E-state index in [1.807, 2.05) is 38.1 Å². The SMILES string of the molecule is CC1CC(n2c(C(C)Cl)nc3ccccc3c2=O)CCO1. The number of fused-ring (bicyclic) bond motifs is 1. The number of nitrogens with zero attached hydrogens (tertiary/aromatic N) is 2. The van der Waals surface area contributed by atoms with Crippen LogP contribution in [0.25, 0.3) is 10.9 Å². The highest BCUT2D eigenvalue weighted by atomic mass is 35.5. The van der Waals surface area contributed by atoms with Crippen LogP contribution >= 0.6 is 11.6 Å². The van der Waals surface area contributed by atoms with Crippen molar-refractivity contribution in [3.8, 4) is 0 Å². The van der Waals surface area contributed by atoms with Crippen molar-refractivity contribution in [2.75, 3.05) is 6.61 Å². The summed E-state index contributed by atoms with van der Waals surface area (Å²) in [7, 11) is 0. The van der Waals surface area contributed by atoms with E-state index < -0.39 is 0 Å². The molecule has 3 atom stereocenters. The lowest BCUT2D eigenvalue weighted by Crippen LogP contribution is -2.35. The number of halogens is 1. The summed E-state index contributed by atoms with van der Waals surface area (Å²) in [4.78, 5) is 17.5. The first kappa shape index (κ1) is 14.5. The fourth-order valence-corrected chi connectivity index (χ4v) is 3.16. The molecule has 21 heavy (non-hydrogen) atoms. The molecule has 5 heteroatoms. The van der Waals surface area contributed by atoms with E-state index in [1.165, 1.54) is 0 Å². The van der Waals surface area contributed by atoms with Crippen molar-refractivity contribution >= 4 is 22.5 Å². The smallest absolute Gasteiger partial charge is 0.261 e. The van der Waals surface area contributed by atoms with Gasteiger partial charge in [-0.3, -0.25) is 9.36 Å². The summed E-state index contributed by atoms with van der Waals surface area (Å²) >= 11 is 6.28. The van der Waals surface area contributed by atoms with Crippen molar-refractivity contribution in [2.45, 2.75) is 44.2 Å². The normalized spacial score (nSPS) is 24.1. The van der Waals surface area contributed by atoms with E-state index in [2.05, 4.69) is 4.98 Å². The predicted molar refractivity (Wildman–Crippen MR) is 84.0 cm³/mol. The first-order chi connectivity index (χ1) is 10.1. The zero-order valence-corrected chi connectivity index (χ0v) is 13.0. The number of para-hydroxylation sites is 1. The largest absolute Gasteiger partial charge is 0.378 e. The second-order valence-corrected chi connectivity index (χ2v) is 6.29. The van der Waals surface area contributed by atoms with Crippen LogP contribution in [0.4, 0.5) is 0 Å². The van der Waals surface area contributed by atoms with E-state index in [9.17, 15) is 4.79 Å². The fraction of sp³-hybridized carbons (Fsp3) is 0.500. The first-order valence-electron chi connectivity index (χ1n) is 7.34. The van der Waals surface area contributed by atoms with Crippen LogP contribution in [0.3, 0.4) is 0 Å². The number of alkyl halides is 1. The van der Waals surface area contributed by atoms with Gasteiger partial charge in [-0.1, -0.05) is 12.1 Å². The Balaban J connectivity index is 2.21. The summed E-state index contributed by atoms with van der Waals surface area (Å²) in [5, 5.41) is 0.346. The van der Waals surface area contributed by atoms with Gasteiger partial charge in [0.05, 0.1) is 22.4 Å². The monoisotopic (exact) mass is 306 g/mol. The third kappa shape index (κ3) is 2.70. The average molecular weight is 307 g/mol. The summed E-state index contributed by atoms with van der Waals surface area (Å²) in [5.74, 6) is 0.652. The van der Waals surface area contributed by atoms with Crippen LogP contribution in [-0.2, 0) is 4.74 Å². The Morgan fingerprint density at radius 2 is 2.19 bits per heavy atom. The van der Waals surface area contributed by atoms with Gasteiger partial charge in [-0.15, -0.1) is 11.6 Å². The Morgan fingerprint density at radius 3 is 2.90 bits per heavy atom. The van der Waals surface area contributed by atoms with Crippen LogP contribution in [-0.4, -0.2) is 22.3 Å². The molecule has 0 N–H and O–H groups in total. The van der Waals surface area contributed by atoms with Gasteiger partial charge in [0.25, 0.3) is 5.56 Å². The molecule has 3 unspecified atom stereocenters. The van der Waals surface area contributed by atoms with Gasteiger partial charge in [0.2, 0.25) is 0 Å². The molecule has 0 bridgehead atoms. The van der Waals surface area contributed by atoms with E-state index in [1.54, 1.807) is 4.57 Å². The lowest BCUT2D eigenvalue weighted by Gasteiger charge is -2.30. The van der Waals surface area contributed by atoms with E-state index in [-0.39, 0.29) is 23.1 Å². The quantitative estimate of drug-likeness (QED) is 0.798. The Labute approximate surface area is 128 Å². The molecule has 0 radical (unpaired) electrons. The molecule has 1 aromatic carbocycles. The van der Waals surface area contributed by atoms with E-state index in [0.717, 1.165) is 12.8 Å². The molecule has 1 aliphatic rings. The van der Waals surface area contributed by atoms with Crippen LogP contribution in [0, 0.1) is 0 Å². The molecule has 112 valence electrons. The summed E-state index contributed by atoms with van der Waals surface area (Å²) < 4.78 is 7.38. The van der Waals surface area contributed by atoms with Gasteiger partial charge < -0.3 is 4.74 Å². The number of benzene rings is 1. The molecule has 2 heterocycles. The summed E-state index contributed by atoms with van der Waals surface area (Å²) in [5.41, 5.74) is 0.712. The molecular weight excluding hydrogens is 288 g/mol. The maximum atomic E-state index is 12.9. The summed E-state index contributed by atoms with van der Waals surface area (Å²) in [6.45, 7) is 4.56. The fourth-order valence-electron chi connectivity index (χ4n) is 3.01. The summed E-state index contributed by atoms with van der Waals surface area (Å²) in [6, 6.07) is 7.54. The van der Waals surface area contributed by atoms with Gasteiger partial charge in [0.15, 0.2) is 0 Å². The van der Waals surface area contributed by atoms with Gasteiger partial charge in [-0.2, -0.15) is 0 Å². The van der Waals surface area contributed by atoms with Crippen LogP contribution in [0.2, 0.25) is 0 Å². The molecule has 2 aromatic rings. The number of rotatable bonds is 2. The molecule has 0 amide bonds. The maximum absolute atomic E-state index is 12.9. The molecule has 0 saturated carbocycles. The number of ether oxygens (including phenoxy) is 1. The van der Waals surface area contributed by atoms with Crippen molar-refractivity contribution in [1.82, 2.24) is 9.55 Å². The Kier molecular flexibility index (Phi) is 4.00. The molecule has 1 aromatic heterocycles. The van der Waals surface area contributed by atoms with Crippen LogP contribution in [0.1, 0.15) is 43.9 Å². The minimum absolute atomic E-state index is 0.00204. The zero-order chi connectivity index (χ0) is 15.0. The molecule has 1 aliphatic heterocycles. The topological polar surface area (TPSA) is 44.1 Å². The highest BCUT2D eigenvalue weighted by Crippen LogP contribution is 2.28. The van der Waals surface area contributed by atoms with E-state index in [0.29, 0.717) is 23.3 Å². The lowest BCUT2D eigenvalue weighted by molar-refractivity contribution is 0.00461.